The maximum atomic E-state index is 15.6. The molecule has 12 bridgehead atoms. The number of fused-ring (bicyclic) bond motifs is 12. The largest absolute Gasteiger partial charge is 0.469 e. The summed E-state index contributed by atoms with van der Waals surface area (Å²) >= 11 is 0. The van der Waals surface area contributed by atoms with Crippen molar-refractivity contribution in [2.75, 3.05) is 114 Å². The summed E-state index contributed by atoms with van der Waals surface area (Å²) in [5, 5.41) is 6.39. The van der Waals surface area contributed by atoms with E-state index in [2.05, 4.69) is 40.5 Å². The van der Waals surface area contributed by atoms with Gasteiger partial charge in [0.2, 0.25) is 11.8 Å². The van der Waals surface area contributed by atoms with Crippen LogP contribution in [0.2, 0.25) is 0 Å². The number of rotatable bonds is 40. The Balaban J connectivity index is 1.58. The third-order valence-corrected chi connectivity index (χ3v) is 25.7. The van der Waals surface area contributed by atoms with Gasteiger partial charge >= 0.3 is 95.5 Å². The summed E-state index contributed by atoms with van der Waals surface area (Å²) in [6.07, 6.45) is -13.2. The highest BCUT2D eigenvalue weighted by atomic mass is 16.6. The van der Waals surface area contributed by atoms with Gasteiger partial charge in [0.1, 0.15) is 0 Å². The molecule has 6 aromatic rings. The number of aromatic nitrogens is 6. The second kappa shape index (κ2) is 49.4. The zero-order valence-corrected chi connectivity index (χ0v) is 80.5. The third kappa shape index (κ3) is 26.3. The summed E-state index contributed by atoms with van der Waals surface area (Å²) in [7, 11) is 18.3. The highest BCUT2D eigenvalue weighted by molar-refractivity contribution is 6.02. The molecule has 0 saturated heterocycles. The molecule has 9 rings (SSSR count). The van der Waals surface area contributed by atoms with Crippen LogP contribution >= 0.6 is 0 Å². The molecular weight excluding hydrogens is 1810 g/mol. The number of esters is 16. The second-order valence-corrected chi connectivity index (χ2v) is 33.3. The SMILES string of the molecule is COC(=O)CCC1=C(CC(=O)OC)C2(Cc3[nH]c(c(CC(=O)OC)c3CCC(=O)OC)Cc3[nH]c(c(CC(=O)OC)c3CCC(=O)OC)Cc3[nH]c(c(CC(=O)OC)c3CCC(=O)OC)CC3(Cc4[nH]c(c(CC(=O)OC)c4CCC(=O)OC)Cc4[nH]c(c(CC(=O)OC)c4CCC(=O)OC)Cc4[nH]c(c(CC(=O)OC)c4CCC(=O)OC)C2)NC(=O)C(CCC(=O)OC)=C3CC(=O)OC)NC1=O. The first kappa shape index (κ1) is 107. The Morgan fingerprint density at radius 3 is 0.529 bits per heavy atom. The van der Waals surface area contributed by atoms with E-state index in [4.69, 9.17) is 75.8 Å². The standard InChI is InChI=1S/C96H120N8O34/c1-123-77(105)25-17-49-57(33-85(113)131-9)69-43-67-51(19-27-79(107)125-3)61(37-89(117)135-13)75(99-67)47-96(64(40-92(120)138-16)56(94(122)104-96)24-32-84(112)130-8)46-74-54(22-30-82(110)128-6)60(36-88(116)134-12)72(102-74)42-66-50(18-26-78(106)124-2)58(34-86(114)132-10)70(98-66)44-68-52(20-28-80(108)126-4)62(38-90(118)136-14)76(100-68)48-95(63(39-91(119)137-15)55(93(121)103-95)23-31-83(111)129-7)45-73-53(21-29-81(109)127-5)59(35-87(115)133-11)71(101-73)41-65(49)97-69/h97-102H,17-48H2,1-16H3,(H,103,121)(H,104,122). The maximum absolute atomic E-state index is 15.6. The normalized spacial score (nSPS) is 15.2. The summed E-state index contributed by atoms with van der Waals surface area (Å²) in [6.45, 7) is 0. The van der Waals surface area contributed by atoms with Crippen molar-refractivity contribution in [1.82, 2.24) is 40.5 Å². The molecular formula is C96H120N8O34. The number of hydrogen-bond donors (Lipinski definition) is 8. The molecule has 138 heavy (non-hydrogen) atoms. The van der Waals surface area contributed by atoms with Crippen LogP contribution in [-0.4, -0.2) is 262 Å². The molecule has 0 aromatic carbocycles. The van der Waals surface area contributed by atoms with E-state index in [0.29, 0.717) is 11.1 Å². The molecule has 42 nitrogen and oxygen atoms in total. The minimum atomic E-state index is -2.00. The van der Waals surface area contributed by atoms with Gasteiger partial charge < -0.3 is 116 Å². The van der Waals surface area contributed by atoms with E-state index in [0.717, 1.165) is 99.5 Å². The lowest BCUT2D eigenvalue weighted by Gasteiger charge is -2.33. The summed E-state index contributed by atoms with van der Waals surface area (Å²) in [5.74, 6) is -14.3. The Bertz CT molecular complexity index is 5390. The van der Waals surface area contributed by atoms with Crippen LogP contribution in [0.4, 0.5) is 0 Å². The van der Waals surface area contributed by atoms with Crippen molar-refractivity contribution in [3.8, 4) is 0 Å². The summed E-state index contributed by atoms with van der Waals surface area (Å²) in [5.41, 5.74) is 0.943. The number of aromatic amines is 6. The van der Waals surface area contributed by atoms with E-state index >= 15 is 9.59 Å². The molecule has 2 spiro atoms. The van der Waals surface area contributed by atoms with Crippen molar-refractivity contribution in [3.05, 3.63) is 157 Å². The fraction of sp³-hybridized carbons (Fsp3) is 0.521. The van der Waals surface area contributed by atoms with Crippen LogP contribution in [-0.2, 0) is 291 Å². The van der Waals surface area contributed by atoms with Crippen LogP contribution in [0.5, 0.6) is 0 Å². The molecule has 42 heteroatoms. The summed E-state index contributed by atoms with van der Waals surface area (Å²) in [6, 6.07) is 0. The molecule has 748 valence electrons. The van der Waals surface area contributed by atoms with E-state index in [1.807, 2.05) is 0 Å². The van der Waals surface area contributed by atoms with Crippen LogP contribution < -0.4 is 10.6 Å². The van der Waals surface area contributed by atoms with Crippen LogP contribution in [0.15, 0.2) is 22.3 Å². The predicted molar refractivity (Wildman–Crippen MR) is 479 cm³/mol. The van der Waals surface area contributed by atoms with Gasteiger partial charge in [0.25, 0.3) is 0 Å². The Labute approximate surface area is 794 Å². The monoisotopic (exact) mass is 1930 g/mol. The summed E-state index contributed by atoms with van der Waals surface area (Å²) < 4.78 is 85.1. The number of H-pyrrole nitrogens is 6. The number of hydrogen-bond acceptors (Lipinski definition) is 34. The van der Waals surface area contributed by atoms with Gasteiger partial charge in [0, 0.05) is 182 Å². The molecule has 3 aliphatic heterocycles. The molecule has 8 N–H and O–H groups in total. The number of carbonyl (C=O) groups is 18. The van der Waals surface area contributed by atoms with Crippen molar-refractivity contribution >= 4 is 107 Å². The van der Waals surface area contributed by atoms with Crippen molar-refractivity contribution < 1.29 is 162 Å². The van der Waals surface area contributed by atoms with Gasteiger partial charge in [-0.05, 0) is 129 Å². The maximum Gasteiger partial charge on any atom is 0.310 e. The van der Waals surface area contributed by atoms with Crippen molar-refractivity contribution in [1.29, 1.82) is 0 Å². The molecule has 9 heterocycles. The lowest BCUT2D eigenvalue weighted by atomic mass is 9.77. The van der Waals surface area contributed by atoms with Gasteiger partial charge in [-0.1, -0.05) is 0 Å². The van der Waals surface area contributed by atoms with Gasteiger partial charge in [-0.3, -0.25) is 86.3 Å². The quantitative estimate of drug-likeness (QED) is 0.0197. The average molecular weight is 1930 g/mol. The highest BCUT2D eigenvalue weighted by Gasteiger charge is 2.51. The van der Waals surface area contributed by atoms with E-state index in [9.17, 15) is 76.7 Å². The molecule has 0 radical (unpaired) electrons. The predicted octanol–water partition coefficient (Wildman–Crippen LogP) is 4.19. The van der Waals surface area contributed by atoms with E-state index in [1.165, 1.54) is 14.2 Å². The number of methoxy groups -OCH3 is 16. The van der Waals surface area contributed by atoms with Gasteiger partial charge in [0.05, 0.1) is 176 Å². The van der Waals surface area contributed by atoms with Crippen LogP contribution in [0, 0.1) is 0 Å². The number of carbonyl (C=O) groups excluding carboxylic acids is 18. The van der Waals surface area contributed by atoms with Crippen LogP contribution in [0.25, 0.3) is 0 Å². The zero-order chi connectivity index (χ0) is 101. The lowest BCUT2D eigenvalue weighted by Crippen LogP contribution is -2.49. The molecule has 3 aliphatic rings. The fourth-order valence-corrected chi connectivity index (χ4v) is 18.8. The molecule has 0 saturated carbocycles. The Morgan fingerprint density at radius 2 is 0.341 bits per heavy atom. The number of amides is 2. The van der Waals surface area contributed by atoms with Crippen LogP contribution in [0.1, 0.15) is 212 Å². The minimum absolute atomic E-state index is 0.0299. The molecule has 6 aromatic heterocycles. The Kier molecular flexibility index (Phi) is 38.4. The topological polar surface area (TPSA) is 574 Å². The fourth-order valence-electron chi connectivity index (χ4n) is 18.8. The minimum Gasteiger partial charge on any atom is -0.469 e. The first-order valence-corrected chi connectivity index (χ1v) is 44.4. The van der Waals surface area contributed by atoms with Gasteiger partial charge in [0.15, 0.2) is 0 Å². The smallest absolute Gasteiger partial charge is 0.310 e. The zero-order valence-electron chi connectivity index (χ0n) is 80.5. The van der Waals surface area contributed by atoms with Crippen molar-refractivity contribution in [3.63, 3.8) is 0 Å². The second-order valence-electron chi connectivity index (χ2n) is 33.3. The third-order valence-electron chi connectivity index (χ3n) is 25.7. The first-order chi connectivity index (χ1) is 65.9. The lowest BCUT2D eigenvalue weighted by molar-refractivity contribution is -0.141. The molecule has 0 aliphatic carbocycles. The van der Waals surface area contributed by atoms with Gasteiger partial charge in [-0.15, -0.1) is 0 Å². The summed E-state index contributed by atoms with van der Waals surface area (Å²) in [4.78, 5) is 278. The Morgan fingerprint density at radius 1 is 0.196 bits per heavy atom. The van der Waals surface area contributed by atoms with E-state index < -0.39 is 208 Å². The van der Waals surface area contributed by atoms with Gasteiger partial charge in [-0.2, -0.15) is 0 Å². The van der Waals surface area contributed by atoms with Crippen LogP contribution in [0.3, 0.4) is 0 Å². The van der Waals surface area contributed by atoms with Crippen molar-refractivity contribution in [2.45, 2.75) is 217 Å². The van der Waals surface area contributed by atoms with Gasteiger partial charge in [-0.25, -0.2) is 0 Å². The average Bonchev–Trinajstić information content (AvgIpc) is 1.58. The van der Waals surface area contributed by atoms with Crippen molar-refractivity contribution in [2.24, 2.45) is 0 Å². The highest BCUT2D eigenvalue weighted by Crippen LogP contribution is 2.46. The number of nitrogens with one attached hydrogen (secondary N) is 8. The molecule has 2 atom stereocenters. The number of ether oxygens (including phenoxy) is 16. The molecule has 2 amide bonds. The molecule has 2 unspecified atom stereocenters. The Hall–Kier alpha value is -14.4. The van der Waals surface area contributed by atoms with E-state index in [1.54, 1.807) is 0 Å². The first-order valence-electron chi connectivity index (χ1n) is 44.4. The van der Waals surface area contributed by atoms with E-state index in [-0.39, 0.29) is 262 Å². The molecule has 0 fully saturated rings.